The molecule has 0 saturated heterocycles. The Labute approximate surface area is 105 Å². The number of unbranched alkanes of at least 4 members (excludes halogenated alkanes) is 1. The van der Waals surface area contributed by atoms with Crippen LogP contribution >= 0.6 is 0 Å². The highest BCUT2D eigenvalue weighted by molar-refractivity contribution is 5.81. The highest BCUT2D eigenvalue weighted by Crippen LogP contribution is 2.32. The van der Waals surface area contributed by atoms with Crippen molar-refractivity contribution in [2.45, 2.75) is 58.8 Å². The van der Waals surface area contributed by atoms with E-state index in [-0.39, 0.29) is 5.97 Å². The van der Waals surface area contributed by atoms with Gasteiger partial charge in [-0.05, 0) is 44.4 Å². The summed E-state index contributed by atoms with van der Waals surface area (Å²) in [5.41, 5.74) is 0. The Morgan fingerprint density at radius 1 is 1.24 bits per heavy atom. The molecular weight excluding hydrogens is 212 g/mol. The number of carbonyl (C=O) groups excluding carboxylic acids is 1. The second-order valence-electron chi connectivity index (χ2n) is 5.03. The van der Waals surface area contributed by atoms with Crippen LogP contribution < -0.4 is 0 Å². The van der Waals surface area contributed by atoms with Gasteiger partial charge < -0.3 is 4.74 Å². The van der Waals surface area contributed by atoms with Crippen LogP contribution in [0.2, 0.25) is 0 Å². The molecule has 1 aliphatic carbocycles. The van der Waals surface area contributed by atoms with Gasteiger partial charge in [0.15, 0.2) is 0 Å². The number of hydrogen-bond acceptors (Lipinski definition) is 2. The van der Waals surface area contributed by atoms with E-state index in [0.717, 1.165) is 5.92 Å². The molecule has 0 aromatic carbocycles. The van der Waals surface area contributed by atoms with Crippen molar-refractivity contribution >= 4 is 5.97 Å². The zero-order valence-corrected chi connectivity index (χ0v) is 11.3. The second-order valence-corrected chi connectivity index (χ2v) is 5.03. The van der Waals surface area contributed by atoms with Gasteiger partial charge in [-0.3, -0.25) is 0 Å². The van der Waals surface area contributed by atoms with Crippen LogP contribution in [0.5, 0.6) is 0 Å². The average molecular weight is 238 g/mol. The first-order valence-corrected chi connectivity index (χ1v) is 7.11. The maximum Gasteiger partial charge on any atom is 0.330 e. The number of ether oxygens (including phenoxy) is 1. The summed E-state index contributed by atoms with van der Waals surface area (Å²) < 4.78 is 4.88. The van der Waals surface area contributed by atoms with Crippen LogP contribution in [0.4, 0.5) is 0 Å². The lowest BCUT2D eigenvalue weighted by molar-refractivity contribution is -0.137. The molecular formula is C15H26O2. The lowest BCUT2D eigenvalue weighted by Gasteiger charge is -2.26. The second kappa shape index (κ2) is 8.32. The zero-order chi connectivity index (χ0) is 12.5. The molecule has 1 saturated carbocycles. The summed E-state index contributed by atoms with van der Waals surface area (Å²) in [5, 5.41) is 0. The Balaban J connectivity index is 2.20. The van der Waals surface area contributed by atoms with Crippen molar-refractivity contribution in [2.24, 2.45) is 11.8 Å². The molecule has 17 heavy (non-hydrogen) atoms. The van der Waals surface area contributed by atoms with Crippen molar-refractivity contribution in [3.8, 4) is 0 Å². The van der Waals surface area contributed by atoms with Crippen LogP contribution in [0.25, 0.3) is 0 Å². The summed E-state index contributed by atoms with van der Waals surface area (Å²) in [6.07, 6.45) is 12.9. The smallest absolute Gasteiger partial charge is 0.330 e. The highest BCUT2D eigenvalue weighted by atomic mass is 16.5. The molecule has 0 radical (unpaired) electrons. The lowest BCUT2D eigenvalue weighted by atomic mass is 9.80. The Morgan fingerprint density at radius 2 is 1.94 bits per heavy atom. The third-order valence-corrected chi connectivity index (χ3v) is 3.65. The molecule has 2 heteroatoms. The van der Waals surface area contributed by atoms with Crippen molar-refractivity contribution in [1.82, 2.24) is 0 Å². The normalized spacial score (nSPS) is 25.1. The number of carbonyl (C=O) groups is 1. The third kappa shape index (κ3) is 5.90. The number of rotatable bonds is 6. The van der Waals surface area contributed by atoms with Gasteiger partial charge in [0.05, 0.1) is 6.61 Å². The van der Waals surface area contributed by atoms with E-state index in [1.54, 1.807) is 6.08 Å². The number of allylic oxidation sites excluding steroid dienone is 1. The van der Waals surface area contributed by atoms with Gasteiger partial charge in [0, 0.05) is 6.08 Å². The monoisotopic (exact) mass is 238 g/mol. The summed E-state index contributed by atoms with van der Waals surface area (Å²) in [6.45, 7) is 4.56. The van der Waals surface area contributed by atoms with Gasteiger partial charge in [0.25, 0.3) is 0 Å². The minimum absolute atomic E-state index is 0.194. The first kappa shape index (κ1) is 14.3. The topological polar surface area (TPSA) is 26.3 Å². The lowest BCUT2D eigenvalue weighted by Crippen LogP contribution is -2.13. The highest BCUT2D eigenvalue weighted by Gasteiger charge is 2.18. The molecule has 0 amide bonds. The first-order chi connectivity index (χ1) is 8.26. The van der Waals surface area contributed by atoms with E-state index in [4.69, 9.17) is 4.74 Å². The Morgan fingerprint density at radius 3 is 2.53 bits per heavy atom. The van der Waals surface area contributed by atoms with Crippen LogP contribution in [-0.4, -0.2) is 12.6 Å². The summed E-state index contributed by atoms with van der Waals surface area (Å²) in [4.78, 5) is 11.2. The standard InChI is InChI=1S/C15H26O2/c1-3-5-6-13-7-9-14(10-8-13)11-12-15(16)17-4-2/h11-14H,3-10H2,1-2H3/b12-11+. The molecule has 0 aromatic heterocycles. The summed E-state index contributed by atoms with van der Waals surface area (Å²) in [5.74, 6) is 1.33. The van der Waals surface area contributed by atoms with Crippen molar-refractivity contribution in [1.29, 1.82) is 0 Å². The molecule has 98 valence electrons. The van der Waals surface area contributed by atoms with Crippen LogP contribution in [0.15, 0.2) is 12.2 Å². The minimum Gasteiger partial charge on any atom is -0.463 e. The van der Waals surface area contributed by atoms with Gasteiger partial charge in [0.2, 0.25) is 0 Å². The molecule has 0 unspecified atom stereocenters. The minimum atomic E-state index is -0.194. The van der Waals surface area contributed by atoms with Crippen LogP contribution in [0.1, 0.15) is 58.8 Å². The summed E-state index contributed by atoms with van der Waals surface area (Å²) in [7, 11) is 0. The predicted octanol–water partition coefficient (Wildman–Crippen LogP) is 4.10. The fraction of sp³-hybridized carbons (Fsp3) is 0.800. The van der Waals surface area contributed by atoms with Crippen molar-refractivity contribution in [2.75, 3.05) is 6.61 Å². The quantitative estimate of drug-likeness (QED) is 0.514. The Kier molecular flexibility index (Phi) is 6.99. The SMILES string of the molecule is CCCCC1CCC(/C=C/C(=O)OCC)CC1. The van der Waals surface area contributed by atoms with Gasteiger partial charge in [-0.15, -0.1) is 0 Å². The molecule has 0 spiro atoms. The molecule has 0 heterocycles. The maximum atomic E-state index is 11.2. The summed E-state index contributed by atoms with van der Waals surface area (Å²) >= 11 is 0. The fourth-order valence-electron chi connectivity index (χ4n) is 2.57. The van der Waals surface area contributed by atoms with Crippen LogP contribution in [0, 0.1) is 11.8 Å². The predicted molar refractivity (Wildman–Crippen MR) is 70.7 cm³/mol. The van der Waals surface area contributed by atoms with E-state index in [1.165, 1.54) is 44.9 Å². The van der Waals surface area contributed by atoms with E-state index < -0.39 is 0 Å². The molecule has 1 rings (SSSR count). The largest absolute Gasteiger partial charge is 0.463 e. The number of esters is 1. The van der Waals surface area contributed by atoms with Crippen molar-refractivity contribution in [3.63, 3.8) is 0 Å². The first-order valence-electron chi connectivity index (χ1n) is 7.11. The van der Waals surface area contributed by atoms with Crippen molar-refractivity contribution < 1.29 is 9.53 Å². The van der Waals surface area contributed by atoms with Gasteiger partial charge in [-0.2, -0.15) is 0 Å². The van der Waals surface area contributed by atoms with E-state index in [2.05, 4.69) is 6.92 Å². The Hall–Kier alpha value is -0.790. The third-order valence-electron chi connectivity index (χ3n) is 3.65. The van der Waals surface area contributed by atoms with Gasteiger partial charge in [-0.1, -0.05) is 32.3 Å². The fourth-order valence-corrected chi connectivity index (χ4v) is 2.57. The van der Waals surface area contributed by atoms with E-state index in [9.17, 15) is 4.79 Å². The van der Waals surface area contributed by atoms with Crippen LogP contribution in [0.3, 0.4) is 0 Å². The average Bonchev–Trinajstić information content (AvgIpc) is 2.35. The zero-order valence-electron chi connectivity index (χ0n) is 11.3. The molecule has 1 aliphatic rings. The molecule has 0 bridgehead atoms. The van der Waals surface area contributed by atoms with E-state index in [0.29, 0.717) is 12.5 Å². The maximum absolute atomic E-state index is 11.2. The molecule has 2 nitrogen and oxygen atoms in total. The van der Waals surface area contributed by atoms with E-state index in [1.807, 2.05) is 13.0 Å². The molecule has 0 N–H and O–H groups in total. The van der Waals surface area contributed by atoms with Gasteiger partial charge in [0.1, 0.15) is 0 Å². The number of hydrogen-bond donors (Lipinski definition) is 0. The molecule has 0 atom stereocenters. The van der Waals surface area contributed by atoms with Crippen LogP contribution in [-0.2, 0) is 9.53 Å². The van der Waals surface area contributed by atoms with Gasteiger partial charge >= 0.3 is 5.97 Å². The van der Waals surface area contributed by atoms with Crippen molar-refractivity contribution in [3.05, 3.63) is 12.2 Å². The molecule has 1 fully saturated rings. The summed E-state index contributed by atoms with van der Waals surface area (Å²) in [6, 6.07) is 0. The molecule has 0 aliphatic heterocycles. The van der Waals surface area contributed by atoms with Gasteiger partial charge in [-0.25, -0.2) is 4.79 Å². The molecule has 0 aromatic rings. The Bertz CT molecular complexity index is 237. The van der Waals surface area contributed by atoms with E-state index >= 15 is 0 Å².